The molecule has 5 heteroatoms. The van der Waals surface area contributed by atoms with E-state index in [1.165, 1.54) is 12.1 Å². The number of nitrogens with one attached hydrogen (secondary N) is 1. The van der Waals surface area contributed by atoms with Crippen molar-refractivity contribution in [3.63, 3.8) is 0 Å². The number of benzene rings is 2. The lowest BCUT2D eigenvalue weighted by atomic mass is 10.0. The van der Waals surface area contributed by atoms with Crippen molar-refractivity contribution in [3.8, 4) is 0 Å². The molecule has 1 heterocycles. The van der Waals surface area contributed by atoms with Gasteiger partial charge in [-0.2, -0.15) is 0 Å². The monoisotopic (exact) mass is 332 g/mol. The number of carbonyl (C=O) groups is 1. The normalized spacial score (nSPS) is 17.3. The first kappa shape index (κ1) is 15.8. The van der Waals surface area contributed by atoms with E-state index in [-0.39, 0.29) is 17.9 Å². The van der Waals surface area contributed by atoms with Crippen molar-refractivity contribution in [3.05, 3.63) is 64.4 Å². The van der Waals surface area contributed by atoms with Gasteiger partial charge in [-0.1, -0.05) is 29.8 Å². The molecule has 0 radical (unpaired) electrons. The third-order valence-electron chi connectivity index (χ3n) is 4.26. The van der Waals surface area contributed by atoms with Crippen LogP contribution in [-0.4, -0.2) is 17.5 Å². The molecular weight excluding hydrogens is 315 g/mol. The van der Waals surface area contributed by atoms with Crippen LogP contribution in [0.25, 0.3) is 0 Å². The highest BCUT2D eigenvalue weighted by molar-refractivity contribution is 6.31. The van der Waals surface area contributed by atoms with Crippen LogP contribution in [-0.2, 0) is 0 Å². The Hall–Kier alpha value is -2.07. The molecule has 0 saturated carbocycles. The summed E-state index contributed by atoms with van der Waals surface area (Å²) in [6, 6.07) is 11.6. The number of carbonyl (C=O) groups excluding carboxylic acids is 1. The van der Waals surface area contributed by atoms with Gasteiger partial charge in [0, 0.05) is 17.3 Å². The number of amides is 2. The van der Waals surface area contributed by atoms with Gasteiger partial charge in [-0.25, -0.2) is 9.18 Å². The predicted molar refractivity (Wildman–Crippen MR) is 90.3 cm³/mol. The Kier molecular flexibility index (Phi) is 4.53. The third-order valence-corrected chi connectivity index (χ3v) is 4.67. The van der Waals surface area contributed by atoms with E-state index in [9.17, 15) is 9.18 Å². The summed E-state index contributed by atoms with van der Waals surface area (Å²) in [5, 5.41) is 3.53. The number of hydrogen-bond acceptors (Lipinski definition) is 1. The predicted octanol–water partition coefficient (Wildman–Crippen LogP) is 5.16. The molecule has 3 rings (SSSR count). The van der Waals surface area contributed by atoms with Crippen molar-refractivity contribution in [2.24, 2.45) is 0 Å². The number of anilines is 1. The molecule has 1 atom stereocenters. The van der Waals surface area contributed by atoms with E-state index in [1.807, 2.05) is 19.1 Å². The molecule has 1 aliphatic rings. The molecule has 3 nitrogen and oxygen atoms in total. The van der Waals surface area contributed by atoms with Gasteiger partial charge in [0.25, 0.3) is 0 Å². The zero-order valence-corrected chi connectivity index (χ0v) is 13.6. The highest BCUT2D eigenvalue weighted by atomic mass is 35.5. The maximum absolute atomic E-state index is 13.5. The first-order valence-electron chi connectivity index (χ1n) is 7.64. The van der Waals surface area contributed by atoms with Crippen molar-refractivity contribution >= 4 is 23.3 Å². The first-order chi connectivity index (χ1) is 11.1. The van der Waals surface area contributed by atoms with Crippen LogP contribution in [0, 0.1) is 12.7 Å². The number of likely N-dealkylation sites (tertiary alicyclic amines) is 1. The lowest BCUT2D eigenvalue weighted by molar-refractivity contribution is 0.207. The molecule has 0 spiro atoms. The number of hydrogen-bond donors (Lipinski definition) is 1. The molecule has 2 aromatic rings. The number of rotatable bonds is 2. The molecule has 2 amide bonds. The van der Waals surface area contributed by atoms with Gasteiger partial charge in [0.15, 0.2) is 0 Å². The highest BCUT2D eigenvalue weighted by Crippen LogP contribution is 2.33. The summed E-state index contributed by atoms with van der Waals surface area (Å²) < 4.78 is 13.5. The summed E-state index contributed by atoms with van der Waals surface area (Å²) in [5.41, 5.74) is 2.37. The average Bonchev–Trinajstić information content (AvgIpc) is 3.01. The minimum Gasteiger partial charge on any atom is -0.317 e. The van der Waals surface area contributed by atoms with Crippen LogP contribution in [0.15, 0.2) is 42.5 Å². The Labute approximate surface area is 140 Å². The SMILES string of the molecule is Cc1c(Cl)cccc1NC(=O)N1CCC[C@H]1c1cccc(F)c1. The fraction of sp³-hybridized carbons (Fsp3) is 0.278. The van der Waals surface area contributed by atoms with E-state index in [4.69, 9.17) is 11.6 Å². The number of halogens is 2. The van der Waals surface area contributed by atoms with Crippen molar-refractivity contribution < 1.29 is 9.18 Å². The zero-order valence-electron chi connectivity index (χ0n) is 12.9. The summed E-state index contributed by atoms with van der Waals surface area (Å²) >= 11 is 6.09. The Bertz CT molecular complexity index is 735. The molecule has 23 heavy (non-hydrogen) atoms. The van der Waals surface area contributed by atoms with Crippen molar-refractivity contribution in [1.82, 2.24) is 4.90 Å². The van der Waals surface area contributed by atoms with E-state index in [0.29, 0.717) is 17.3 Å². The molecular formula is C18H18ClFN2O. The quantitative estimate of drug-likeness (QED) is 0.809. The summed E-state index contributed by atoms with van der Waals surface area (Å²) in [4.78, 5) is 14.4. The van der Waals surface area contributed by atoms with Crippen LogP contribution in [0.1, 0.15) is 30.0 Å². The molecule has 0 bridgehead atoms. The zero-order chi connectivity index (χ0) is 16.4. The van der Waals surface area contributed by atoms with E-state index in [2.05, 4.69) is 5.32 Å². The van der Waals surface area contributed by atoms with Gasteiger partial charge < -0.3 is 10.2 Å². The fourth-order valence-corrected chi connectivity index (χ4v) is 3.17. The van der Waals surface area contributed by atoms with Crippen LogP contribution in [0.4, 0.5) is 14.9 Å². The van der Waals surface area contributed by atoms with Crippen LogP contribution >= 0.6 is 11.6 Å². The van der Waals surface area contributed by atoms with Gasteiger partial charge in [0.05, 0.1) is 6.04 Å². The molecule has 120 valence electrons. The van der Waals surface area contributed by atoms with E-state index in [1.54, 1.807) is 23.1 Å². The van der Waals surface area contributed by atoms with Gasteiger partial charge in [-0.3, -0.25) is 0 Å². The smallest absolute Gasteiger partial charge is 0.317 e. The summed E-state index contributed by atoms with van der Waals surface area (Å²) in [7, 11) is 0. The van der Waals surface area contributed by atoms with Gasteiger partial charge in [0.1, 0.15) is 5.82 Å². The minimum absolute atomic E-state index is 0.0924. The topological polar surface area (TPSA) is 32.3 Å². The second-order valence-electron chi connectivity index (χ2n) is 5.75. The molecule has 0 aromatic heterocycles. The van der Waals surface area contributed by atoms with Gasteiger partial charge >= 0.3 is 6.03 Å². The average molecular weight is 333 g/mol. The van der Waals surface area contributed by atoms with Crippen LogP contribution in [0.3, 0.4) is 0 Å². The Morgan fingerprint density at radius 2 is 2.09 bits per heavy atom. The molecule has 2 aromatic carbocycles. The molecule has 1 N–H and O–H groups in total. The maximum atomic E-state index is 13.5. The highest BCUT2D eigenvalue weighted by Gasteiger charge is 2.30. The molecule has 0 aliphatic carbocycles. The molecule has 1 fully saturated rings. The summed E-state index contributed by atoms with van der Waals surface area (Å²) in [6.45, 7) is 2.53. The Morgan fingerprint density at radius 3 is 2.87 bits per heavy atom. The summed E-state index contributed by atoms with van der Waals surface area (Å²) in [5.74, 6) is -0.277. The summed E-state index contributed by atoms with van der Waals surface area (Å²) in [6.07, 6.45) is 1.74. The lowest BCUT2D eigenvalue weighted by Gasteiger charge is -2.26. The van der Waals surface area contributed by atoms with Crippen LogP contribution in [0.2, 0.25) is 5.02 Å². The second-order valence-corrected chi connectivity index (χ2v) is 6.16. The second kappa shape index (κ2) is 6.59. The molecule has 0 unspecified atom stereocenters. The lowest BCUT2D eigenvalue weighted by Crippen LogP contribution is -2.34. The van der Waals surface area contributed by atoms with Crippen LogP contribution < -0.4 is 5.32 Å². The largest absolute Gasteiger partial charge is 0.322 e. The van der Waals surface area contributed by atoms with Crippen molar-refractivity contribution in [2.75, 3.05) is 11.9 Å². The fourth-order valence-electron chi connectivity index (χ4n) is 3.00. The standard InChI is InChI=1S/C18H18ClFN2O/c1-12-15(19)7-3-8-16(12)21-18(23)22-10-4-9-17(22)13-5-2-6-14(20)11-13/h2-3,5-8,11,17H,4,9-10H2,1H3,(H,21,23)/t17-/m0/s1. The van der Waals surface area contributed by atoms with E-state index < -0.39 is 0 Å². The van der Waals surface area contributed by atoms with Crippen molar-refractivity contribution in [2.45, 2.75) is 25.8 Å². The molecule has 1 saturated heterocycles. The number of urea groups is 1. The van der Waals surface area contributed by atoms with Gasteiger partial charge in [-0.05, 0) is 55.2 Å². The van der Waals surface area contributed by atoms with E-state index >= 15 is 0 Å². The maximum Gasteiger partial charge on any atom is 0.322 e. The van der Waals surface area contributed by atoms with Gasteiger partial charge in [-0.15, -0.1) is 0 Å². The Morgan fingerprint density at radius 1 is 1.30 bits per heavy atom. The third kappa shape index (κ3) is 3.32. The van der Waals surface area contributed by atoms with Gasteiger partial charge in [0.2, 0.25) is 0 Å². The number of nitrogens with zero attached hydrogens (tertiary/aromatic N) is 1. The van der Waals surface area contributed by atoms with Crippen molar-refractivity contribution in [1.29, 1.82) is 0 Å². The minimum atomic E-state index is -0.277. The first-order valence-corrected chi connectivity index (χ1v) is 8.02. The molecule has 1 aliphatic heterocycles. The van der Waals surface area contributed by atoms with E-state index in [0.717, 1.165) is 24.0 Å². The van der Waals surface area contributed by atoms with Crippen LogP contribution in [0.5, 0.6) is 0 Å². The Balaban J connectivity index is 1.80.